The van der Waals surface area contributed by atoms with Crippen LogP contribution in [0.5, 0.6) is 0 Å². The van der Waals surface area contributed by atoms with E-state index in [4.69, 9.17) is 0 Å². The molecular formula is C12H12F3NO2S. The Balaban J connectivity index is 2.56. The molecule has 1 aromatic rings. The Labute approximate surface area is 109 Å². The van der Waals surface area contributed by atoms with Gasteiger partial charge in [-0.25, -0.2) is 8.42 Å². The molecule has 1 aromatic carbocycles. The molecule has 3 nitrogen and oxygen atoms in total. The van der Waals surface area contributed by atoms with E-state index >= 15 is 0 Å². The second kappa shape index (κ2) is 4.64. The highest BCUT2D eigenvalue weighted by Crippen LogP contribution is 2.42. The van der Waals surface area contributed by atoms with Gasteiger partial charge in [0.2, 0.25) is 9.84 Å². The van der Waals surface area contributed by atoms with Gasteiger partial charge in [0.15, 0.2) is 0 Å². The van der Waals surface area contributed by atoms with E-state index in [2.05, 4.69) is 5.32 Å². The van der Waals surface area contributed by atoms with Gasteiger partial charge >= 0.3 is 6.18 Å². The minimum atomic E-state index is -4.68. The maximum absolute atomic E-state index is 12.9. The summed E-state index contributed by atoms with van der Waals surface area (Å²) in [7, 11) is -2.38. The molecule has 0 radical (unpaired) electrons. The first kappa shape index (κ1) is 14.1. The summed E-state index contributed by atoms with van der Waals surface area (Å²) in [6, 6.07) is 3.40. The van der Waals surface area contributed by atoms with Crippen LogP contribution in [0.1, 0.15) is 17.5 Å². The van der Waals surface area contributed by atoms with Crippen LogP contribution in [0.25, 0.3) is 6.08 Å². The number of rotatable bonds is 3. The monoisotopic (exact) mass is 291 g/mol. The highest BCUT2D eigenvalue weighted by Gasteiger charge is 2.41. The van der Waals surface area contributed by atoms with Gasteiger partial charge in [-0.2, -0.15) is 13.2 Å². The number of nitrogens with one attached hydrogen (secondary N) is 1. The first-order valence-corrected chi connectivity index (χ1v) is 7.07. The molecule has 2 rings (SSSR count). The lowest BCUT2D eigenvalue weighted by Crippen LogP contribution is -2.15. The molecule has 0 bridgehead atoms. The van der Waals surface area contributed by atoms with Gasteiger partial charge in [0.05, 0.1) is 15.4 Å². The standard InChI is InChI=1S/C12H12F3NO2S/c1-16-6-5-9-7-8-3-2-4-10(12(13,14)15)11(8)19(9,17)18/h2-4,7,16H,5-6H2,1H3. The summed E-state index contributed by atoms with van der Waals surface area (Å²) in [6.07, 6.45) is -3.19. The summed E-state index contributed by atoms with van der Waals surface area (Å²) in [5, 5.41) is 2.78. The van der Waals surface area contributed by atoms with Gasteiger partial charge in [0, 0.05) is 0 Å². The zero-order valence-corrected chi connectivity index (χ0v) is 10.9. The molecule has 104 valence electrons. The molecule has 1 aliphatic heterocycles. The quantitative estimate of drug-likeness (QED) is 0.930. The second-order valence-corrected chi connectivity index (χ2v) is 6.13. The molecule has 0 aromatic heterocycles. The fourth-order valence-corrected chi connectivity index (χ4v) is 3.85. The first-order chi connectivity index (χ1) is 8.78. The van der Waals surface area contributed by atoms with Gasteiger partial charge in [0.25, 0.3) is 0 Å². The fourth-order valence-electron chi connectivity index (χ4n) is 2.03. The zero-order chi connectivity index (χ0) is 14.3. The minimum Gasteiger partial charge on any atom is -0.319 e. The van der Waals surface area contributed by atoms with Crippen molar-refractivity contribution >= 4 is 15.9 Å². The summed E-state index contributed by atoms with van der Waals surface area (Å²) in [4.78, 5) is -0.595. The largest absolute Gasteiger partial charge is 0.417 e. The predicted octanol–water partition coefficient (Wildman–Crippen LogP) is 2.44. The van der Waals surface area contributed by atoms with Crippen molar-refractivity contribution in [3.05, 3.63) is 34.2 Å². The third-order valence-corrected chi connectivity index (χ3v) is 4.91. The molecule has 1 N–H and O–H groups in total. The highest BCUT2D eigenvalue weighted by atomic mass is 32.2. The number of hydrogen-bond donors (Lipinski definition) is 1. The number of sulfone groups is 1. The summed E-state index contributed by atoms with van der Waals surface area (Å²) in [6.45, 7) is 0.389. The van der Waals surface area contributed by atoms with Crippen molar-refractivity contribution in [3.8, 4) is 0 Å². The lowest BCUT2D eigenvalue weighted by molar-refractivity contribution is -0.139. The van der Waals surface area contributed by atoms with Crippen molar-refractivity contribution in [1.82, 2.24) is 5.32 Å². The molecule has 1 aliphatic rings. The van der Waals surface area contributed by atoms with E-state index in [0.29, 0.717) is 6.54 Å². The van der Waals surface area contributed by atoms with E-state index in [0.717, 1.165) is 6.07 Å². The van der Waals surface area contributed by atoms with E-state index in [1.54, 1.807) is 7.05 Å². The van der Waals surface area contributed by atoms with Crippen LogP contribution < -0.4 is 5.32 Å². The molecule has 0 atom stereocenters. The summed E-state index contributed by atoms with van der Waals surface area (Å²) in [5.41, 5.74) is -0.985. The molecule has 0 aliphatic carbocycles. The average Bonchev–Trinajstić information content (AvgIpc) is 2.57. The smallest absolute Gasteiger partial charge is 0.319 e. The summed E-state index contributed by atoms with van der Waals surface area (Å²) >= 11 is 0. The van der Waals surface area contributed by atoms with Crippen LogP contribution in [0.2, 0.25) is 0 Å². The maximum atomic E-state index is 12.9. The van der Waals surface area contributed by atoms with Crippen molar-refractivity contribution in [3.63, 3.8) is 0 Å². The van der Waals surface area contributed by atoms with Gasteiger partial charge in [-0.15, -0.1) is 0 Å². The van der Waals surface area contributed by atoms with Crippen molar-refractivity contribution < 1.29 is 21.6 Å². The SMILES string of the molecule is CNCCC1=Cc2cccc(C(F)(F)F)c2S1(=O)=O. The number of benzene rings is 1. The Morgan fingerprint density at radius 3 is 2.53 bits per heavy atom. The third kappa shape index (κ3) is 2.40. The molecule has 0 fully saturated rings. The first-order valence-electron chi connectivity index (χ1n) is 5.59. The number of fused-ring (bicyclic) bond motifs is 1. The van der Waals surface area contributed by atoms with Crippen LogP contribution in [0, 0.1) is 0 Å². The average molecular weight is 291 g/mol. The molecule has 1 heterocycles. The molecule has 0 saturated heterocycles. The number of halogens is 3. The minimum absolute atomic E-state index is 0.0218. The fraction of sp³-hybridized carbons (Fsp3) is 0.333. The molecule has 0 unspecified atom stereocenters. The van der Waals surface area contributed by atoms with Crippen LogP contribution in [0.4, 0.5) is 13.2 Å². The van der Waals surface area contributed by atoms with Crippen LogP contribution in [0.15, 0.2) is 28.0 Å². The Morgan fingerprint density at radius 2 is 1.95 bits per heavy atom. The lowest BCUT2D eigenvalue weighted by Gasteiger charge is -2.12. The highest BCUT2D eigenvalue weighted by molar-refractivity contribution is 7.95. The van der Waals surface area contributed by atoms with E-state index in [-0.39, 0.29) is 16.9 Å². The van der Waals surface area contributed by atoms with E-state index in [1.165, 1.54) is 18.2 Å². The Hall–Kier alpha value is -1.34. The van der Waals surface area contributed by atoms with Crippen LogP contribution in [0.3, 0.4) is 0 Å². The Kier molecular flexibility index (Phi) is 3.44. The number of hydrogen-bond acceptors (Lipinski definition) is 3. The summed E-state index contributed by atoms with van der Waals surface area (Å²) in [5.74, 6) is 0. The molecule has 0 saturated carbocycles. The summed E-state index contributed by atoms with van der Waals surface area (Å²) < 4.78 is 62.9. The molecule has 0 amide bonds. The molecule has 7 heteroatoms. The van der Waals surface area contributed by atoms with Crippen molar-refractivity contribution in [1.29, 1.82) is 0 Å². The van der Waals surface area contributed by atoms with Crippen molar-refractivity contribution in [2.24, 2.45) is 0 Å². The predicted molar refractivity (Wildman–Crippen MR) is 65.2 cm³/mol. The van der Waals surface area contributed by atoms with Crippen LogP contribution in [-0.4, -0.2) is 22.0 Å². The van der Waals surface area contributed by atoms with Gasteiger partial charge in [-0.1, -0.05) is 12.1 Å². The van der Waals surface area contributed by atoms with Gasteiger partial charge in [0.1, 0.15) is 0 Å². The van der Waals surface area contributed by atoms with Crippen molar-refractivity contribution in [2.45, 2.75) is 17.5 Å². The van der Waals surface area contributed by atoms with Gasteiger partial charge in [-0.3, -0.25) is 0 Å². The topological polar surface area (TPSA) is 46.2 Å². The Bertz CT molecular complexity index is 633. The molecule has 0 spiro atoms. The third-order valence-electron chi connectivity index (χ3n) is 2.90. The van der Waals surface area contributed by atoms with Gasteiger partial charge in [-0.05, 0) is 37.7 Å². The van der Waals surface area contributed by atoms with Crippen LogP contribution in [-0.2, 0) is 16.0 Å². The molecular weight excluding hydrogens is 279 g/mol. The van der Waals surface area contributed by atoms with Gasteiger partial charge < -0.3 is 5.32 Å². The number of alkyl halides is 3. The second-order valence-electron chi connectivity index (χ2n) is 4.19. The zero-order valence-electron chi connectivity index (χ0n) is 10.1. The lowest BCUT2D eigenvalue weighted by atomic mass is 10.1. The Morgan fingerprint density at radius 1 is 1.26 bits per heavy atom. The molecule has 19 heavy (non-hydrogen) atoms. The normalized spacial score (nSPS) is 17.2. The van der Waals surface area contributed by atoms with E-state index in [1.807, 2.05) is 0 Å². The van der Waals surface area contributed by atoms with Crippen molar-refractivity contribution in [2.75, 3.05) is 13.6 Å². The van der Waals surface area contributed by atoms with Crippen LogP contribution >= 0.6 is 0 Å². The maximum Gasteiger partial charge on any atom is 0.417 e. The van der Waals surface area contributed by atoms with E-state index in [9.17, 15) is 21.6 Å². The van der Waals surface area contributed by atoms with E-state index < -0.39 is 26.5 Å².